The monoisotopic (exact) mass is 1350 g/mol. The molecule has 106 heavy (non-hydrogen) atoms. The van der Waals surface area contributed by atoms with Gasteiger partial charge in [-0.3, -0.25) is 0 Å². The van der Waals surface area contributed by atoms with Gasteiger partial charge in [-0.25, -0.2) is 0 Å². The van der Waals surface area contributed by atoms with Crippen molar-refractivity contribution in [1.82, 2.24) is 0 Å². The van der Waals surface area contributed by atoms with Crippen molar-refractivity contribution in [3.8, 4) is 33.4 Å². The zero-order valence-corrected chi connectivity index (χ0v) is 58.7. The van der Waals surface area contributed by atoms with E-state index in [-0.39, 0.29) is 5.92 Å². The number of allylic oxidation sites excluding steroid dienone is 6. The first kappa shape index (κ1) is 64.4. The van der Waals surface area contributed by atoms with E-state index in [1.165, 1.54) is 104 Å². The average molecular weight is 1350 g/mol. The normalized spacial score (nSPS) is 13.4. The Labute approximate surface area is 620 Å². The zero-order valence-electron chi connectivity index (χ0n) is 58.7. The van der Waals surface area contributed by atoms with E-state index in [2.05, 4.69) is 441 Å². The first-order valence-electron chi connectivity index (χ1n) is 36.7. The van der Waals surface area contributed by atoms with Crippen molar-refractivity contribution in [3.05, 3.63) is 443 Å². The SMILES string of the molecule is C1=CC2=CCc3c(ccc4c(-c5ccc(N(c6ccc(C=Cc7ccccc7)cc6)c6ccc(C=Cc7ccccc7)cc6)cc5)ccc(-c5ccc(-c6ccc(N(c7ccc(C=Cc8ccccc8)cc7)c7ccc(C=Cc8ccccc8)cc7)cc6)c6ccc7c8ccccc8ccc7c56)c34)C2C=C1. The number of anilines is 6. The van der Waals surface area contributed by atoms with Gasteiger partial charge in [0.05, 0.1) is 0 Å². The number of hydrogen-bond donors (Lipinski definition) is 0. The van der Waals surface area contributed by atoms with Crippen LogP contribution in [0.3, 0.4) is 0 Å². The van der Waals surface area contributed by atoms with E-state index in [0.29, 0.717) is 0 Å². The molecule has 2 heteroatoms. The third kappa shape index (κ3) is 13.1. The van der Waals surface area contributed by atoms with Gasteiger partial charge in [-0.1, -0.05) is 358 Å². The lowest BCUT2D eigenvalue weighted by atomic mass is 9.76. The molecule has 0 aromatic heterocycles. The van der Waals surface area contributed by atoms with Crippen molar-refractivity contribution in [3.63, 3.8) is 0 Å². The van der Waals surface area contributed by atoms with Crippen LogP contribution < -0.4 is 9.80 Å². The summed E-state index contributed by atoms with van der Waals surface area (Å²) >= 11 is 0. The molecule has 0 N–H and O–H groups in total. The summed E-state index contributed by atoms with van der Waals surface area (Å²) in [6, 6.07) is 129. The second kappa shape index (κ2) is 29.0. The van der Waals surface area contributed by atoms with E-state index < -0.39 is 0 Å². The third-order valence-corrected chi connectivity index (χ3v) is 21.0. The second-order valence-electron chi connectivity index (χ2n) is 27.5. The van der Waals surface area contributed by atoms with E-state index in [1.54, 1.807) is 0 Å². The highest BCUT2D eigenvalue weighted by Crippen LogP contribution is 2.50. The Bertz CT molecular complexity index is 5940. The smallest absolute Gasteiger partial charge is 0.0462 e. The highest BCUT2D eigenvalue weighted by Gasteiger charge is 2.27. The molecule has 0 heterocycles. The summed E-state index contributed by atoms with van der Waals surface area (Å²) in [6.45, 7) is 0. The lowest BCUT2D eigenvalue weighted by Gasteiger charge is -2.28. The van der Waals surface area contributed by atoms with Crippen LogP contribution in [0.5, 0.6) is 0 Å². The summed E-state index contributed by atoms with van der Waals surface area (Å²) in [6.07, 6.45) is 29.8. The lowest BCUT2D eigenvalue weighted by molar-refractivity contribution is 0.945. The van der Waals surface area contributed by atoms with Gasteiger partial charge in [-0.15, -0.1) is 0 Å². The fourth-order valence-corrected chi connectivity index (χ4v) is 15.6. The fourth-order valence-electron chi connectivity index (χ4n) is 15.6. The molecule has 2 nitrogen and oxygen atoms in total. The van der Waals surface area contributed by atoms with Gasteiger partial charge in [0.25, 0.3) is 0 Å². The molecule has 0 saturated carbocycles. The Morgan fingerprint density at radius 3 is 1.02 bits per heavy atom. The maximum absolute atomic E-state index is 2.47. The second-order valence-corrected chi connectivity index (χ2v) is 27.5. The molecule has 0 spiro atoms. The third-order valence-electron chi connectivity index (χ3n) is 21.0. The number of hydrogen-bond acceptors (Lipinski definition) is 2. The number of nitrogens with zero attached hydrogens (tertiary/aromatic N) is 2. The van der Waals surface area contributed by atoms with Crippen LogP contribution in [0.25, 0.3) is 125 Å². The topological polar surface area (TPSA) is 6.48 Å². The van der Waals surface area contributed by atoms with Gasteiger partial charge in [0.1, 0.15) is 0 Å². The highest BCUT2D eigenvalue weighted by atomic mass is 15.1. The minimum atomic E-state index is 0.177. The van der Waals surface area contributed by atoms with Crippen molar-refractivity contribution in [2.45, 2.75) is 12.3 Å². The molecule has 0 saturated heterocycles. The van der Waals surface area contributed by atoms with Gasteiger partial charge in [0.15, 0.2) is 0 Å². The minimum absolute atomic E-state index is 0.177. The van der Waals surface area contributed by atoms with Gasteiger partial charge in [-0.2, -0.15) is 0 Å². The maximum Gasteiger partial charge on any atom is 0.0462 e. The lowest BCUT2D eigenvalue weighted by Crippen LogP contribution is -2.10. The number of rotatable bonds is 17. The predicted molar refractivity (Wildman–Crippen MR) is 456 cm³/mol. The van der Waals surface area contributed by atoms with Crippen molar-refractivity contribution in [2.75, 3.05) is 9.80 Å². The highest BCUT2D eigenvalue weighted by molar-refractivity contribution is 6.25. The van der Waals surface area contributed by atoms with Crippen LogP contribution >= 0.6 is 0 Å². The van der Waals surface area contributed by atoms with E-state index in [9.17, 15) is 0 Å². The molecule has 16 aromatic rings. The van der Waals surface area contributed by atoms with Crippen LogP contribution in [0.2, 0.25) is 0 Å². The Morgan fingerprint density at radius 1 is 0.245 bits per heavy atom. The van der Waals surface area contributed by atoms with E-state index in [0.717, 1.165) is 73.9 Å². The number of benzene rings is 16. The Kier molecular flexibility index (Phi) is 17.6. The van der Waals surface area contributed by atoms with E-state index >= 15 is 0 Å². The molecule has 1 atom stereocenters. The van der Waals surface area contributed by atoms with Gasteiger partial charge in [0, 0.05) is 40.0 Å². The van der Waals surface area contributed by atoms with E-state index in [4.69, 9.17) is 0 Å². The summed E-state index contributed by atoms with van der Waals surface area (Å²) in [5.41, 5.74) is 27.0. The summed E-state index contributed by atoms with van der Waals surface area (Å²) in [5, 5.41) is 9.97. The van der Waals surface area contributed by atoms with Gasteiger partial charge < -0.3 is 9.80 Å². The standard InChI is InChI=1S/C104H74N2/c1-5-17-73(18-6-1)29-33-77-37-51-85(52-38-77)105(86-53-39-78(40-54-86)34-30-74-19-7-2-8-20-74)89-59-45-83(46-60-89)93-65-69-101(103-97(93)71-67-95-91-27-15-13-25-81(91)49-63-99(95)103)102-70-66-94(98-72-68-96-92-28-16-14-26-82(92)50-64-100(96)104(98)102)84-47-61-90(62-48-84)106(87-55-41-79(42-56-87)35-31-75-21-9-3-10-22-75)88-57-43-80(44-58-88)36-32-76-23-11-4-12-24-76/h1-63,65-72,92H,64H2. The molecule has 500 valence electrons. The number of fused-ring (bicyclic) bond motifs is 10. The van der Waals surface area contributed by atoms with Crippen LogP contribution in [0.1, 0.15) is 61.6 Å². The summed E-state index contributed by atoms with van der Waals surface area (Å²) in [7, 11) is 0. The summed E-state index contributed by atoms with van der Waals surface area (Å²) < 4.78 is 0. The maximum atomic E-state index is 2.47. The molecule has 0 aliphatic heterocycles. The molecule has 2 aliphatic carbocycles. The summed E-state index contributed by atoms with van der Waals surface area (Å²) in [5.74, 6) is 0.177. The van der Waals surface area contributed by atoms with Crippen molar-refractivity contribution in [2.24, 2.45) is 0 Å². The molecule has 18 rings (SSSR count). The van der Waals surface area contributed by atoms with Crippen LogP contribution in [0, 0.1) is 0 Å². The van der Waals surface area contributed by atoms with E-state index in [1.807, 2.05) is 0 Å². The molecule has 1 unspecified atom stereocenters. The largest absolute Gasteiger partial charge is 0.311 e. The Hall–Kier alpha value is -13.7. The van der Waals surface area contributed by atoms with Crippen molar-refractivity contribution in [1.29, 1.82) is 0 Å². The quantitative estimate of drug-likeness (QED) is 0.0662. The molecule has 0 bridgehead atoms. The minimum Gasteiger partial charge on any atom is -0.311 e. The van der Waals surface area contributed by atoms with Crippen LogP contribution in [-0.4, -0.2) is 0 Å². The molecule has 0 radical (unpaired) electrons. The van der Waals surface area contributed by atoms with Crippen LogP contribution in [0.4, 0.5) is 34.1 Å². The molecule has 2 aliphatic rings. The van der Waals surface area contributed by atoms with Crippen molar-refractivity contribution >= 4 is 126 Å². The molecular weight excluding hydrogens is 1280 g/mol. The first-order chi connectivity index (χ1) is 52.5. The van der Waals surface area contributed by atoms with Gasteiger partial charge in [0.2, 0.25) is 0 Å². The van der Waals surface area contributed by atoms with Gasteiger partial charge in [-0.05, 0) is 217 Å². The zero-order chi connectivity index (χ0) is 70.5. The molecular formula is C104H74N2. The van der Waals surface area contributed by atoms with Crippen LogP contribution in [-0.2, 0) is 6.42 Å². The Balaban J connectivity index is 0.745. The molecule has 0 amide bonds. The van der Waals surface area contributed by atoms with Crippen LogP contribution in [0.15, 0.2) is 388 Å². The van der Waals surface area contributed by atoms with Gasteiger partial charge >= 0.3 is 0 Å². The summed E-state index contributed by atoms with van der Waals surface area (Å²) in [4.78, 5) is 4.74. The predicted octanol–water partition coefficient (Wildman–Crippen LogP) is 28.6. The Morgan fingerprint density at radius 2 is 0.585 bits per heavy atom. The van der Waals surface area contributed by atoms with Crippen molar-refractivity contribution < 1.29 is 0 Å². The molecule has 16 aromatic carbocycles. The molecule has 0 fully saturated rings. The fraction of sp³-hybridized carbons (Fsp3) is 0.0192. The average Bonchev–Trinajstić information content (AvgIpc) is 0.739. The first-order valence-corrected chi connectivity index (χ1v) is 36.7.